The van der Waals surface area contributed by atoms with Crippen molar-refractivity contribution in [3.05, 3.63) is 18.7 Å². The van der Waals surface area contributed by atoms with Crippen LogP contribution in [0.2, 0.25) is 0 Å². The van der Waals surface area contributed by atoms with Crippen LogP contribution in [-0.4, -0.2) is 34.9 Å². The van der Waals surface area contributed by atoms with Crippen LogP contribution in [0.25, 0.3) is 22.3 Å². The number of aromatic hydroxyl groups is 2. The van der Waals surface area contributed by atoms with Crippen LogP contribution in [0.15, 0.2) is 18.7 Å². The Hall–Kier alpha value is -3.08. The van der Waals surface area contributed by atoms with Crippen LogP contribution in [0, 0.1) is 17.2 Å². The van der Waals surface area contributed by atoms with Crippen molar-refractivity contribution in [1.82, 2.24) is 24.7 Å². The molecule has 1 aliphatic rings. The third-order valence-corrected chi connectivity index (χ3v) is 5.00. The van der Waals surface area contributed by atoms with E-state index in [9.17, 15) is 15.5 Å². The Morgan fingerprint density at radius 3 is 2.88 bits per heavy atom. The monoisotopic (exact) mass is 338 g/mol. The molecule has 0 spiro atoms. The fraction of sp³-hybridized carbons (Fsp3) is 0.412. The SMILES string of the molecule is N#CC[C@H](C1CCCC1)n1cc(-c2ncnc3[nH]c(O)c(O)c23)cn1. The van der Waals surface area contributed by atoms with Gasteiger partial charge in [0, 0.05) is 11.8 Å². The van der Waals surface area contributed by atoms with Gasteiger partial charge in [0.1, 0.15) is 12.0 Å². The van der Waals surface area contributed by atoms with E-state index in [1.807, 2.05) is 10.9 Å². The summed E-state index contributed by atoms with van der Waals surface area (Å²) in [6.07, 6.45) is 9.94. The number of nitriles is 1. The lowest BCUT2D eigenvalue weighted by Gasteiger charge is -2.21. The van der Waals surface area contributed by atoms with E-state index in [-0.39, 0.29) is 17.7 Å². The molecule has 0 amide bonds. The molecule has 4 rings (SSSR count). The summed E-state index contributed by atoms with van der Waals surface area (Å²) in [4.78, 5) is 10.9. The van der Waals surface area contributed by atoms with Crippen LogP contribution in [0.1, 0.15) is 38.1 Å². The number of hydrogen-bond acceptors (Lipinski definition) is 6. The van der Waals surface area contributed by atoms with Gasteiger partial charge in [-0.15, -0.1) is 0 Å². The first-order chi connectivity index (χ1) is 12.2. The van der Waals surface area contributed by atoms with Gasteiger partial charge >= 0.3 is 0 Å². The van der Waals surface area contributed by atoms with E-state index in [0.717, 1.165) is 12.8 Å². The van der Waals surface area contributed by atoms with Crippen LogP contribution in [0.3, 0.4) is 0 Å². The number of nitrogens with zero attached hydrogens (tertiary/aromatic N) is 5. The lowest BCUT2D eigenvalue weighted by Crippen LogP contribution is -2.17. The molecule has 0 unspecified atom stereocenters. The van der Waals surface area contributed by atoms with Crippen molar-refractivity contribution >= 4 is 11.0 Å². The van der Waals surface area contributed by atoms with E-state index in [1.54, 1.807) is 6.20 Å². The zero-order valence-corrected chi connectivity index (χ0v) is 13.6. The number of aromatic amines is 1. The molecule has 0 aliphatic heterocycles. The predicted octanol–water partition coefficient (Wildman–Crippen LogP) is 2.88. The standard InChI is InChI=1S/C17H18N6O2/c18-6-5-12(10-3-1-2-4-10)23-8-11(7-21-23)14-13-15(24)17(25)22-16(13)20-9-19-14/h7-10,12,24-25H,1-5H2,(H,19,20,22)/t12-/m1/s1. The number of aromatic nitrogens is 5. The fourth-order valence-corrected chi connectivity index (χ4v) is 3.77. The summed E-state index contributed by atoms with van der Waals surface area (Å²) in [7, 11) is 0. The number of hydrogen-bond donors (Lipinski definition) is 3. The van der Waals surface area contributed by atoms with Crippen LogP contribution >= 0.6 is 0 Å². The summed E-state index contributed by atoms with van der Waals surface area (Å²) in [6, 6.07) is 2.32. The predicted molar refractivity (Wildman–Crippen MR) is 89.7 cm³/mol. The Bertz CT molecular complexity index is 948. The van der Waals surface area contributed by atoms with Crippen molar-refractivity contribution in [2.24, 2.45) is 5.92 Å². The lowest BCUT2D eigenvalue weighted by atomic mass is 9.96. The van der Waals surface area contributed by atoms with E-state index >= 15 is 0 Å². The lowest BCUT2D eigenvalue weighted by molar-refractivity contribution is 0.315. The highest BCUT2D eigenvalue weighted by Gasteiger charge is 2.27. The van der Waals surface area contributed by atoms with Crippen LogP contribution < -0.4 is 0 Å². The molecule has 8 nitrogen and oxygen atoms in total. The Morgan fingerprint density at radius 1 is 1.32 bits per heavy atom. The molecule has 0 aromatic carbocycles. The van der Waals surface area contributed by atoms with Gasteiger partial charge in [-0.2, -0.15) is 10.4 Å². The summed E-state index contributed by atoms with van der Waals surface area (Å²) in [5, 5.41) is 33.8. The van der Waals surface area contributed by atoms with Crippen molar-refractivity contribution in [2.45, 2.75) is 38.1 Å². The first-order valence-electron chi connectivity index (χ1n) is 8.35. The van der Waals surface area contributed by atoms with E-state index in [1.165, 1.54) is 19.2 Å². The normalized spacial score (nSPS) is 16.3. The number of rotatable bonds is 4. The summed E-state index contributed by atoms with van der Waals surface area (Å²) in [5.41, 5.74) is 1.56. The average Bonchev–Trinajstić information content (AvgIpc) is 3.35. The Labute approximate surface area is 143 Å². The van der Waals surface area contributed by atoms with Gasteiger partial charge in [-0.05, 0) is 18.8 Å². The van der Waals surface area contributed by atoms with Crippen molar-refractivity contribution in [3.8, 4) is 29.0 Å². The Kier molecular flexibility index (Phi) is 3.76. The smallest absolute Gasteiger partial charge is 0.234 e. The Morgan fingerprint density at radius 2 is 2.12 bits per heavy atom. The highest BCUT2D eigenvalue weighted by molar-refractivity contribution is 5.97. The van der Waals surface area contributed by atoms with E-state index in [2.05, 4.69) is 26.1 Å². The van der Waals surface area contributed by atoms with Crippen LogP contribution in [0.4, 0.5) is 0 Å². The molecule has 1 fully saturated rings. The van der Waals surface area contributed by atoms with Gasteiger partial charge in [0.15, 0.2) is 5.75 Å². The fourth-order valence-electron chi connectivity index (χ4n) is 3.77. The molecule has 25 heavy (non-hydrogen) atoms. The first-order valence-corrected chi connectivity index (χ1v) is 8.35. The molecule has 3 heterocycles. The number of fused-ring (bicyclic) bond motifs is 1. The minimum absolute atomic E-state index is 0.0480. The maximum Gasteiger partial charge on any atom is 0.234 e. The highest BCUT2D eigenvalue weighted by atomic mass is 16.3. The van der Waals surface area contributed by atoms with Gasteiger partial charge in [-0.25, -0.2) is 9.97 Å². The molecule has 1 saturated carbocycles. The molecular formula is C17H18N6O2. The van der Waals surface area contributed by atoms with E-state index in [0.29, 0.717) is 34.6 Å². The number of nitrogens with one attached hydrogen (secondary N) is 1. The summed E-state index contributed by atoms with van der Waals surface area (Å²) < 4.78 is 1.84. The van der Waals surface area contributed by atoms with Gasteiger partial charge in [0.2, 0.25) is 5.88 Å². The summed E-state index contributed by atoms with van der Waals surface area (Å²) in [5.74, 6) is -0.150. The number of H-pyrrole nitrogens is 1. The molecule has 128 valence electrons. The van der Waals surface area contributed by atoms with Gasteiger partial charge in [-0.1, -0.05) is 12.8 Å². The largest absolute Gasteiger partial charge is 0.503 e. The van der Waals surface area contributed by atoms with E-state index < -0.39 is 0 Å². The average molecular weight is 338 g/mol. The Balaban J connectivity index is 1.75. The molecule has 3 N–H and O–H groups in total. The maximum absolute atomic E-state index is 10.1. The van der Waals surface area contributed by atoms with Crippen LogP contribution in [-0.2, 0) is 0 Å². The van der Waals surface area contributed by atoms with Crippen molar-refractivity contribution < 1.29 is 10.2 Å². The van der Waals surface area contributed by atoms with E-state index in [4.69, 9.17) is 0 Å². The molecule has 3 aromatic heterocycles. The summed E-state index contributed by atoms with van der Waals surface area (Å²) >= 11 is 0. The molecule has 3 aromatic rings. The van der Waals surface area contributed by atoms with Crippen LogP contribution in [0.5, 0.6) is 11.6 Å². The van der Waals surface area contributed by atoms with Gasteiger partial charge < -0.3 is 15.2 Å². The second kappa shape index (κ2) is 6.09. The molecule has 0 radical (unpaired) electrons. The topological polar surface area (TPSA) is 124 Å². The second-order valence-electron chi connectivity index (χ2n) is 6.45. The molecule has 1 aliphatic carbocycles. The highest BCUT2D eigenvalue weighted by Crippen LogP contribution is 2.39. The third-order valence-electron chi connectivity index (χ3n) is 5.00. The quantitative estimate of drug-likeness (QED) is 0.672. The molecule has 0 bridgehead atoms. The molecule has 1 atom stereocenters. The minimum Gasteiger partial charge on any atom is -0.503 e. The maximum atomic E-state index is 10.1. The first kappa shape index (κ1) is 15.4. The van der Waals surface area contributed by atoms with Crippen molar-refractivity contribution in [2.75, 3.05) is 0 Å². The third kappa shape index (κ3) is 2.58. The minimum atomic E-state index is -0.336. The van der Waals surface area contributed by atoms with Gasteiger partial charge in [0.25, 0.3) is 0 Å². The van der Waals surface area contributed by atoms with Gasteiger partial charge in [0.05, 0.1) is 35.8 Å². The zero-order valence-electron chi connectivity index (χ0n) is 13.6. The molecule has 0 saturated heterocycles. The zero-order chi connectivity index (χ0) is 17.4. The summed E-state index contributed by atoms with van der Waals surface area (Å²) in [6.45, 7) is 0. The van der Waals surface area contributed by atoms with Gasteiger partial charge in [-0.3, -0.25) is 4.68 Å². The van der Waals surface area contributed by atoms with Crippen molar-refractivity contribution in [3.63, 3.8) is 0 Å². The van der Waals surface area contributed by atoms with Crippen molar-refractivity contribution in [1.29, 1.82) is 5.26 Å². The second-order valence-corrected chi connectivity index (χ2v) is 6.45. The molecule has 8 heteroatoms. The molecular weight excluding hydrogens is 320 g/mol.